The van der Waals surface area contributed by atoms with Gasteiger partial charge in [-0.2, -0.15) is 0 Å². The van der Waals surface area contributed by atoms with E-state index in [1.165, 1.54) is 0 Å². The van der Waals surface area contributed by atoms with Crippen molar-refractivity contribution >= 4 is 0 Å². The van der Waals surface area contributed by atoms with Crippen LogP contribution in [-0.2, 0) is 9.47 Å². The van der Waals surface area contributed by atoms with Crippen LogP contribution in [0, 0.1) is 0 Å². The molecule has 0 amide bonds. The number of nitrogens with one attached hydrogen (secondary N) is 1. The quantitative estimate of drug-likeness (QED) is 0.632. The largest absolute Gasteiger partial charge is 0.396 e. The highest BCUT2D eigenvalue weighted by atomic mass is 16.7. The van der Waals surface area contributed by atoms with Crippen molar-refractivity contribution in [1.29, 1.82) is 0 Å². The third-order valence-electron chi connectivity index (χ3n) is 2.79. The van der Waals surface area contributed by atoms with Gasteiger partial charge in [0.2, 0.25) is 0 Å². The van der Waals surface area contributed by atoms with Gasteiger partial charge in [-0.15, -0.1) is 0 Å². The van der Waals surface area contributed by atoms with Crippen LogP contribution in [0.3, 0.4) is 0 Å². The third-order valence-corrected chi connectivity index (χ3v) is 2.79. The molecule has 4 heteroatoms. The second kappa shape index (κ2) is 3.92. The lowest BCUT2D eigenvalue weighted by Gasteiger charge is -2.36. The second-order valence-electron chi connectivity index (χ2n) is 3.73. The van der Waals surface area contributed by atoms with Crippen molar-refractivity contribution < 1.29 is 14.6 Å². The van der Waals surface area contributed by atoms with Crippen molar-refractivity contribution in [3.8, 4) is 0 Å². The molecule has 2 aliphatic heterocycles. The molecule has 4 nitrogen and oxygen atoms in total. The number of aliphatic hydroxyl groups excluding tert-OH is 1. The molecule has 0 aliphatic carbocycles. The number of hydrogen-bond acceptors (Lipinski definition) is 4. The lowest BCUT2D eigenvalue weighted by molar-refractivity contribution is -0.180. The first-order valence-corrected chi connectivity index (χ1v) is 4.97. The second-order valence-corrected chi connectivity index (χ2v) is 3.73. The molecule has 2 aliphatic rings. The summed E-state index contributed by atoms with van der Waals surface area (Å²) in [6, 6.07) is 0.344. The molecule has 2 rings (SSSR count). The topological polar surface area (TPSA) is 50.7 Å². The summed E-state index contributed by atoms with van der Waals surface area (Å²) in [5, 5.41) is 12.2. The molecule has 0 bridgehead atoms. The van der Waals surface area contributed by atoms with Crippen molar-refractivity contribution in [2.45, 2.75) is 31.1 Å². The smallest absolute Gasteiger partial charge is 0.171 e. The Hall–Kier alpha value is -0.160. The van der Waals surface area contributed by atoms with E-state index >= 15 is 0 Å². The van der Waals surface area contributed by atoms with E-state index in [4.69, 9.17) is 14.6 Å². The van der Waals surface area contributed by atoms with Crippen molar-refractivity contribution in [2.24, 2.45) is 0 Å². The van der Waals surface area contributed by atoms with E-state index in [2.05, 4.69) is 5.32 Å². The highest BCUT2D eigenvalue weighted by molar-refractivity contribution is 4.86. The minimum absolute atomic E-state index is 0.230. The predicted molar refractivity (Wildman–Crippen MR) is 47.4 cm³/mol. The fourth-order valence-electron chi connectivity index (χ4n) is 2.14. The molecule has 2 heterocycles. The van der Waals surface area contributed by atoms with Gasteiger partial charge in [-0.1, -0.05) is 0 Å². The number of aliphatic hydroxyl groups is 1. The van der Waals surface area contributed by atoms with Crippen LogP contribution in [0.25, 0.3) is 0 Å². The van der Waals surface area contributed by atoms with Crippen LogP contribution in [-0.4, -0.2) is 43.3 Å². The number of rotatable bonds is 2. The molecule has 1 atom stereocenters. The van der Waals surface area contributed by atoms with Gasteiger partial charge in [-0.25, -0.2) is 0 Å². The minimum atomic E-state index is -0.328. The standard InChI is InChI=1S/C9H17NO3/c11-4-1-8-7-9(2-3-10-8)12-5-6-13-9/h8,10-11H,1-7H2/t8-/m0/s1. The van der Waals surface area contributed by atoms with Gasteiger partial charge in [-0.05, 0) is 6.42 Å². The molecule has 1 spiro atoms. The van der Waals surface area contributed by atoms with Crippen LogP contribution in [0.4, 0.5) is 0 Å². The van der Waals surface area contributed by atoms with Crippen molar-refractivity contribution in [3.63, 3.8) is 0 Å². The predicted octanol–water partition coefficient (Wildman–Crippen LogP) is -0.136. The van der Waals surface area contributed by atoms with E-state index in [-0.39, 0.29) is 12.4 Å². The van der Waals surface area contributed by atoms with E-state index < -0.39 is 0 Å². The monoisotopic (exact) mass is 187 g/mol. The fourth-order valence-corrected chi connectivity index (χ4v) is 2.14. The molecule has 0 radical (unpaired) electrons. The van der Waals surface area contributed by atoms with Gasteiger partial charge in [0.25, 0.3) is 0 Å². The molecular weight excluding hydrogens is 170 g/mol. The highest BCUT2D eigenvalue weighted by Crippen LogP contribution is 2.31. The Labute approximate surface area is 78.2 Å². The summed E-state index contributed by atoms with van der Waals surface area (Å²) in [5.74, 6) is -0.328. The first kappa shape index (κ1) is 9.40. The van der Waals surface area contributed by atoms with E-state index in [0.717, 1.165) is 25.8 Å². The molecule has 2 fully saturated rings. The summed E-state index contributed by atoms with van der Waals surface area (Å²) < 4.78 is 11.2. The molecule has 2 N–H and O–H groups in total. The van der Waals surface area contributed by atoms with Gasteiger partial charge in [0.1, 0.15) is 0 Å². The summed E-state index contributed by atoms with van der Waals surface area (Å²) in [6.45, 7) is 2.58. The van der Waals surface area contributed by atoms with Gasteiger partial charge in [0.05, 0.1) is 13.2 Å². The molecule has 0 aromatic carbocycles. The molecule has 0 unspecified atom stereocenters. The highest BCUT2D eigenvalue weighted by Gasteiger charge is 2.40. The molecule has 0 saturated carbocycles. The zero-order valence-corrected chi connectivity index (χ0v) is 7.79. The summed E-state index contributed by atoms with van der Waals surface area (Å²) in [6.07, 6.45) is 2.58. The summed E-state index contributed by atoms with van der Waals surface area (Å²) in [4.78, 5) is 0. The average molecular weight is 187 g/mol. The lowest BCUT2D eigenvalue weighted by Crippen LogP contribution is -2.49. The maximum absolute atomic E-state index is 8.83. The van der Waals surface area contributed by atoms with E-state index in [9.17, 15) is 0 Å². The molecule has 76 valence electrons. The fraction of sp³-hybridized carbons (Fsp3) is 1.00. The maximum atomic E-state index is 8.83. The van der Waals surface area contributed by atoms with E-state index in [1.807, 2.05) is 0 Å². The zero-order chi connectivity index (χ0) is 9.15. The summed E-state index contributed by atoms with van der Waals surface area (Å²) in [5.41, 5.74) is 0. The van der Waals surface area contributed by atoms with Crippen molar-refractivity contribution in [1.82, 2.24) is 5.32 Å². The SMILES string of the molecule is OCC[C@H]1CC2(CCN1)OCCO2. The van der Waals surface area contributed by atoms with Crippen LogP contribution in [0.15, 0.2) is 0 Å². The number of piperidine rings is 1. The first-order chi connectivity index (χ1) is 6.35. The molecule has 0 aromatic heterocycles. The van der Waals surface area contributed by atoms with E-state index in [0.29, 0.717) is 19.3 Å². The maximum Gasteiger partial charge on any atom is 0.171 e. The Morgan fingerprint density at radius 3 is 2.85 bits per heavy atom. The van der Waals surface area contributed by atoms with Gasteiger partial charge in [0.15, 0.2) is 5.79 Å². The van der Waals surface area contributed by atoms with Gasteiger partial charge in [-0.3, -0.25) is 0 Å². The Balaban J connectivity index is 1.90. The van der Waals surface area contributed by atoms with Gasteiger partial charge >= 0.3 is 0 Å². The molecule has 2 saturated heterocycles. The number of hydrogen-bond donors (Lipinski definition) is 2. The Morgan fingerprint density at radius 1 is 1.38 bits per heavy atom. The molecule has 13 heavy (non-hydrogen) atoms. The van der Waals surface area contributed by atoms with Gasteiger partial charge < -0.3 is 19.9 Å². The van der Waals surface area contributed by atoms with Crippen LogP contribution in [0.2, 0.25) is 0 Å². The molecular formula is C9H17NO3. The van der Waals surface area contributed by atoms with Gasteiger partial charge in [0, 0.05) is 32.0 Å². The summed E-state index contributed by atoms with van der Waals surface area (Å²) >= 11 is 0. The van der Waals surface area contributed by atoms with Crippen LogP contribution < -0.4 is 5.32 Å². The van der Waals surface area contributed by atoms with Crippen LogP contribution in [0.5, 0.6) is 0 Å². The lowest BCUT2D eigenvalue weighted by atomic mass is 9.96. The molecule has 0 aromatic rings. The summed E-state index contributed by atoms with van der Waals surface area (Å²) in [7, 11) is 0. The first-order valence-electron chi connectivity index (χ1n) is 4.97. The average Bonchev–Trinajstić information content (AvgIpc) is 2.54. The van der Waals surface area contributed by atoms with Crippen LogP contribution in [0.1, 0.15) is 19.3 Å². The zero-order valence-electron chi connectivity index (χ0n) is 7.79. The van der Waals surface area contributed by atoms with Crippen LogP contribution >= 0.6 is 0 Å². The third kappa shape index (κ3) is 2.02. The normalized spacial score (nSPS) is 32.5. The van der Waals surface area contributed by atoms with Crippen molar-refractivity contribution in [2.75, 3.05) is 26.4 Å². The minimum Gasteiger partial charge on any atom is -0.396 e. The Bertz CT molecular complexity index is 166. The number of ether oxygens (including phenoxy) is 2. The Morgan fingerprint density at radius 2 is 2.15 bits per heavy atom. The Kier molecular flexibility index (Phi) is 2.83. The van der Waals surface area contributed by atoms with E-state index in [1.54, 1.807) is 0 Å². The van der Waals surface area contributed by atoms with Crippen molar-refractivity contribution in [3.05, 3.63) is 0 Å².